The fourth-order valence-electron chi connectivity index (χ4n) is 3.88. The van der Waals surface area contributed by atoms with Crippen LogP contribution in [0.15, 0.2) is 48.5 Å². The average molecular weight is 431 g/mol. The molecule has 6 heteroatoms. The number of halogens is 2. The van der Waals surface area contributed by atoms with E-state index in [0.29, 0.717) is 10.6 Å². The van der Waals surface area contributed by atoms with Gasteiger partial charge in [0.2, 0.25) is 11.8 Å². The molecule has 0 aromatic heterocycles. The van der Waals surface area contributed by atoms with Crippen molar-refractivity contribution in [2.45, 2.75) is 64.1 Å². The lowest BCUT2D eigenvalue weighted by Crippen LogP contribution is -2.50. The number of carbonyl (C=O) groups is 2. The molecule has 1 atom stereocenters. The molecule has 0 bridgehead atoms. The molecule has 1 fully saturated rings. The van der Waals surface area contributed by atoms with Crippen molar-refractivity contribution < 1.29 is 14.0 Å². The van der Waals surface area contributed by atoms with E-state index in [9.17, 15) is 14.0 Å². The Morgan fingerprint density at radius 3 is 2.57 bits per heavy atom. The molecular weight excluding hydrogens is 403 g/mol. The van der Waals surface area contributed by atoms with Crippen molar-refractivity contribution in [3.63, 3.8) is 0 Å². The smallest absolute Gasteiger partial charge is 0.242 e. The van der Waals surface area contributed by atoms with Gasteiger partial charge in [0.1, 0.15) is 11.9 Å². The Labute approximate surface area is 182 Å². The van der Waals surface area contributed by atoms with Gasteiger partial charge in [0.25, 0.3) is 0 Å². The molecule has 1 N–H and O–H groups in total. The zero-order valence-electron chi connectivity index (χ0n) is 17.2. The van der Waals surface area contributed by atoms with E-state index in [0.717, 1.165) is 31.2 Å². The molecule has 0 unspecified atom stereocenters. The highest BCUT2D eigenvalue weighted by Gasteiger charge is 2.28. The van der Waals surface area contributed by atoms with E-state index in [1.54, 1.807) is 43.3 Å². The third kappa shape index (κ3) is 6.05. The number of amides is 2. The molecule has 1 aliphatic carbocycles. The van der Waals surface area contributed by atoms with Gasteiger partial charge >= 0.3 is 0 Å². The average Bonchev–Trinajstić information content (AvgIpc) is 2.73. The largest absolute Gasteiger partial charge is 0.352 e. The second kappa shape index (κ2) is 10.6. The Balaban J connectivity index is 1.77. The van der Waals surface area contributed by atoms with Gasteiger partial charge < -0.3 is 10.2 Å². The molecule has 1 saturated carbocycles. The van der Waals surface area contributed by atoms with Crippen LogP contribution in [0.25, 0.3) is 0 Å². The third-order valence-corrected chi connectivity index (χ3v) is 5.90. The summed E-state index contributed by atoms with van der Waals surface area (Å²) >= 11 is 6.04. The molecule has 4 nitrogen and oxygen atoms in total. The molecule has 2 amide bonds. The topological polar surface area (TPSA) is 49.4 Å². The number of rotatable bonds is 7. The minimum Gasteiger partial charge on any atom is -0.352 e. The van der Waals surface area contributed by atoms with Crippen molar-refractivity contribution in [1.82, 2.24) is 10.2 Å². The van der Waals surface area contributed by atoms with E-state index in [-0.39, 0.29) is 30.8 Å². The summed E-state index contributed by atoms with van der Waals surface area (Å²) in [6.07, 6.45) is 5.41. The van der Waals surface area contributed by atoms with Gasteiger partial charge in [-0.05, 0) is 43.5 Å². The fraction of sp³-hybridized carbons (Fsp3) is 0.417. The van der Waals surface area contributed by atoms with E-state index < -0.39 is 11.9 Å². The highest BCUT2D eigenvalue weighted by Crippen LogP contribution is 2.19. The molecule has 0 heterocycles. The van der Waals surface area contributed by atoms with Crippen LogP contribution in [0.4, 0.5) is 4.39 Å². The standard InChI is InChI=1S/C24H28ClFN2O2/c1-17(24(30)27-21-11-3-2-4-12-21)28(16-19-9-5-6-13-22(19)26)23(29)15-18-8-7-10-20(25)14-18/h5-10,13-14,17,21H,2-4,11-12,15-16H2,1H3,(H,27,30)/t17-/m0/s1. The van der Waals surface area contributed by atoms with Gasteiger partial charge in [0.15, 0.2) is 0 Å². The summed E-state index contributed by atoms with van der Waals surface area (Å²) in [7, 11) is 0. The molecular formula is C24H28ClFN2O2. The van der Waals surface area contributed by atoms with Crippen LogP contribution in [0, 0.1) is 5.82 Å². The van der Waals surface area contributed by atoms with Crippen LogP contribution in [-0.2, 0) is 22.6 Å². The predicted octanol–water partition coefficient (Wildman–Crippen LogP) is 4.89. The number of nitrogens with one attached hydrogen (secondary N) is 1. The quantitative estimate of drug-likeness (QED) is 0.680. The van der Waals surface area contributed by atoms with Crippen molar-refractivity contribution in [3.8, 4) is 0 Å². The third-order valence-electron chi connectivity index (χ3n) is 5.66. The Morgan fingerprint density at radius 2 is 1.87 bits per heavy atom. The van der Waals surface area contributed by atoms with Crippen LogP contribution in [0.3, 0.4) is 0 Å². The first-order valence-corrected chi connectivity index (χ1v) is 10.9. The minimum absolute atomic E-state index is 0.0331. The second-order valence-corrected chi connectivity index (χ2v) is 8.38. The van der Waals surface area contributed by atoms with Gasteiger partial charge in [-0.25, -0.2) is 4.39 Å². The van der Waals surface area contributed by atoms with Crippen LogP contribution < -0.4 is 5.32 Å². The zero-order valence-corrected chi connectivity index (χ0v) is 18.0. The Morgan fingerprint density at radius 1 is 1.13 bits per heavy atom. The molecule has 30 heavy (non-hydrogen) atoms. The predicted molar refractivity (Wildman–Crippen MR) is 117 cm³/mol. The van der Waals surface area contributed by atoms with Gasteiger partial charge in [-0.1, -0.05) is 61.2 Å². The summed E-state index contributed by atoms with van der Waals surface area (Å²) < 4.78 is 14.3. The van der Waals surface area contributed by atoms with Crippen LogP contribution >= 0.6 is 11.6 Å². The lowest BCUT2D eigenvalue weighted by molar-refractivity contribution is -0.140. The maximum absolute atomic E-state index is 14.3. The normalized spacial score (nSPS) is 15.4. The van der Waals surface area contributed by atoms with Crippen molar-refractivity contribution in [2.24, 2.45) is 0 Å². The lowest BCUT2D eigenvalue weighted by atomic mass is 9.95. The Bertz CT molecular complexity index is 883. The first kappa shape index (κ1) is 22.3. The van der Waals surface area contributed by atoms with Crippen LogP contribution in [0.1, 0.15) is 50.2 Å². The van der Waals surface area contributed by atoms with Gasteiger partial charge in [0.05, 0.1) is 6.42 Å². The van der Waals surface area contributed by atoms with E-state index in [4.69, 9.17) is 11.6 Å². The van der Waals surface area contributed by atoms with Gasteiger partial charge in [0, 0.05) is 23.2 Å². The summed E-state index contributed by atoms with van der Waals surface area (Å²) in [6, 6.07) is 12.8. The number of hydrogen-bond acceptors (Lipinski definition) is 2. The number of benzene rings is 2. The molecule has 2 aromatic rings. The Hall–Kier alpha value is -2.40. The van der Waals surface area contributed by atoms with Gasteiger partial charge in [-0.2, -0.15) is 0 Å². The summed E-state index contributed by atoms with van der Waals surface area (Å²) in [5, 5.41) is 3.63. The van der Waals surface area contributed by atoms with Gasteiger partial charge in [-0.15, -0.1) is 0 Å². The minimum atomic E-state index is -0.710. The Kier molecular flexibility index (Phi) is 7.86. The number of nitrogens with zero attached hydrogens (tertiary/aromatic N) is 1. The van der Waals surface area contributed by atoms with Gasteiger partial charge in [-0.3, -0.25) is 9.59 Å². The van der Waals surface area contributed by atoms with Crippen molar-refractivity contribution in [2.75, 3.05) is 0 Å². The van der Waals surface area contributed by atoms with E-state index in [1.165, 1.54) is 17.4 Å². The van der Waals surface area contributed by atoms with Crippen LogP contribution in [0.2, 0.25) is 5.02 Å². The second-order valence-electron chi connectivity index (χ2n) is 7.94. The summed E-state index contributed by atoms with van der Waals surface area (Å²) in [5.41, 5.74) is 1.14. The maximum atomic E-state index is 14.3. The van der Waals surface area contributed by atoms with Crippen LogP contribution in [0.5, 0.6) is 0 Å². The van der Waals surface area contributed by atoms with Crippen molar-refractivity contribution in [1.29, 1.82) is 0 Å². The highest BCUT2D eigenvalue weighted by atomic mass is 35.5. The summed E-state index contributed by atoms with van der Waals surface area (Å²) in [5.74, 6) is -0.831. The summed E-state index contributed by atoms with van der Waals surface area (Å²) in [6.45, 7) is 1.74. The molecule has 0 spiro atoms. The number of hydrogen-bond donors (Lipinski definition) is 1. The molecule has 2 aromatic carbocycles. The van der Waals surface area contributed by atoms with Crippen LogP contribution in [-0.4, -0.2) is 28.8 Å². The zero-order chi connectivity index (χ0) is 21.5. The van der Waals surface area contributed by atoms with E-state index >= 15 is 0 Å². The molecule has 0 aliphatic heterocycles. The first-order chi connectivity index (χ1) is 14.4. The lowest BCUT2D eigenvalue weighted by Gasteiger charge is -2.31. The van der Waals surface area contributed by atoms with E-state index in [1.807, 2.05) is 6.07 Å². The monoisotopic (exact) mass is 430 g/mol. The molecule has 0 saturated heterocycles. The summed E-state index contributed by atoms with van der Waals surface area (Å²) in [4.78, 5) is 27.5. The number of carbonyl (C=O) groups excluding carboxylic acids is 2. The van der Waals surface area contributed by atoms with Crippen molar-refractivity contribution >= 4 is 23.4 Å². The molecule has 1 aliphatic rings. The van der Waals surface area contributed by atoms with E-state index in [2.05, 4.69) is 5.32 Å². The maximum Gasteiger partial charge on any atom is 0.242 e. The van der Waals surface area contributed by atoms with Crippen molar-refractivity contribution in [3.05, 3.63) is 70.5 Å². The molecule has 160 valence electrons. The molecule has 3 rings (SSSR count). The fourth-order valence-corrected chi connectivity index (χ4v) is 4.10. The molecule has 0 radical (unpaired) electrons. The highest BCUT2D eigenvalue weighted by molar-refractivity contribution is 6.30. The first-order valence-electron chi connectivity index (χ1n) is 10.5. The SMILES string of the molecule is C[C@@H](C(=O)NC1CCCCC1)N(Cc1ccccc1F)C(=O)Cc1cccc(Cl)c1.